The first-order valence-electron chi connectivity index (χ1n) is 9.08. The fourth-order valence-corrected chi connectivity index (χ4v) is 4.19. The summed E-state index contributed by atoms with van der Waals surface area (Å²) in [5.74, 6) is 0.242. The molecule has 1 N–H and O–H groups in total. The summed E-state index contributed by atoms with van der Waals surface area (Å²) < 4.78 is 0. The molecular weight excluding hydrogens is 336 g/mol. The van der Waals surface area contributed by atoms with Crippen LogP contribution in [0.4, 0.5) is 0 Å². The van der Waals surface area contributed by atoms with Crippen LogP contribution in [0.5, 0.6) is 0 Å². The molecule has 0 atom stereocenters. The molecule has 0 aliphatic carbocycles. The van der Waals surface area contributed by atoms with Crippen LogP contribution in [0.2, 0.25) is 5.02 Å². The van der Waals surface area contributed by atoms with Crippen LogP contribution in [0.1, 0.15) is 17.7 Å². The maximum atomic E-state index is 12.8. The molecule has 2 aliphatic rings. The molecule has 4 rings (SSSR count). The lowest BCUT2D eigenvalue weighted by atomic mass is 10.0. The van der Waals surface area contributed by atoms with Crippen LogP contribution in [0.15, 0.2) is 18.2 Å². The molecule has 0 saturated carbocycles. The lowest BCUT2D eigenvalue weighted by Gasteiger charge is -2.30. The topological polar surface area (TPSA) is 42.6 Å². The maximum Gasteiger partial charge on any atom is 0.237 e. The van der Waals surface area contributed by atoms with Gasteiger partial charge in [-0.3, -0.25) is 9.69 Å². The van der Waals surface area contributed by atoms with E-state index < -0.39 is 0 Å². The highest BCUT2D eigenvalue weighted by Gasteiger charge is 2.26. The van der Waals surface area contributed by atoms with E-state index in [1.807, 2.05) is 17.0 Å². The van der Waals surface area contributed by atoms with Gasteiger partial charge in [0.25, 0.3) is 0 Å². The number of hydrogen-bond donors (Lipinski definition) is 1. The van der Waals surface area contributed by atoms with Crippen LogP contribution in [0, 0.1) is 0 Å². The van der Waals surface area contributed by atoms with Crippen molar-refractivity contribution in [1.82, 2.24) is 19.7 Å². The monoisotopic (exact) mass is 360 g/mol. The molecule has 2 aliphatic heterocycles. The molecule has 1 fully saturated rings. The van der Waals surface area contributed by atoms with E-state index in [-0.39, 0.29) is 5.91 Å². The molecule has 134 valence electrons. The van der Waals surface area contributed by atoms with E-state index in [1.54, 1.807) is 0 Å². The Morgan fingerprint density at radius 3 is 2.96 bits per heavy atom. The van der Waals surface area contributed by atoms with E-state index >= 15 is 0 Å². The summed E-state index contributed by atoms with van der Waals surface area (Å²) in [6, 6.07) is 5.98. The summed E-state index contributed by atoms with van der Waals surface area (Å²) in [6.45, 7) is 6.15. The number of fused-ring (bicyclic) bond motifs is 3. The minimum absolute atomic E-state index is 0.242. The Bertz CT molecular complexity index is 787. The number of carbonyl (C=O) groups is 1. The molecule has 0 radical (unpaired) electrons. The SMILES string of the molecule is CN1CCCN(CC(=O)N2CCc3[nH]c4c(Cl)cccc4c3C2)CC1. The van der Waals surface area contributed by atoms with Gasteiger partial charge >= 0.3 is 0 Å². The van der Waals surface area contributed by atoms with E-state index in [0.717, 1.165) is 61.5 Å². The molecule has 0 spiro atoms. The number of H-pyrrole nitrogens is 1. The van der Waals surface area contributed by atoms with Crippen molar-refractivity contribution in [3.05, 3.63) is 34.5 Å². The molecule has 6 heteroatoms. The number of nitrogens with one attached hydrogen (secondary N) is 1. The van der Waals surface area contributed by atoms with Crippen molar-refractivity contribution < 1.29 is 4.79 Å². The minimum Gasteiger partial charge on any atom is -0.357 e. The van der Waals surface area contributed by atoms with Crippen LogP contribution in [-0.4, -0.2) is 71.9 Å². The molecule has 25 heavy (non-hydrogen) atoms. The highest BCUT2D eigenvalue weighted by molar-refractivity contribution is 6.35. The Balaban J connectivity index is 1.47. The normalized spacial score (nSPS) is 19.8. The summed E-state index contributed by atoms with van der Waals surface area (Å²) in [5.41, 5.74) is 3.45. The second-order valence-corrected chi connectivity index (χ2v) is 7.65. The quantitative estimate of drug-likeness (QED) is 0.894. The van der Waals surface area contributed by atoms with Crippen molar-refractivity contribution >= 4 is 28.4 Å². The molecule has 1 aromatic carbocycles. The second kappa shape index (κ2) is 6.98. The van der Waals surface area contributed by atoms with Gasteiger partial charge in [-0.15, -0.1) is 0 Å². The molecule has 3 heterocycles. The largest absolute Gasteiger partial charge is 0.357 e. The first-order valence-corrected chi connectivity index (χ1v) is 9.46. The summed E-state index contributed by atoms with van der Waals surface area (Å²) in [5, 5.41) is 1.90. The van der Waals surface area contributed by atoms with E-state index in [0.29, 0.717) is 13.1 Å². The Hall–Kier alpha value is -1.56. The number of amides is 1. The van der Waals surface area contributed by atoms with Gasteiger partial charge in [-0.1, -0.05) is 23.7 Å². The third kappa shape index (κ3) is 3.41. The Kier molecular flexibility index (Phi) is 4.71. The zero-order valence-electron chi connectivity index (χ0n) is 14.7. The average Bonchev–Trinajstić information content (AvgIpc) is 2.86. The fourth-order valence-electron chi connectivity index (χ4n) is 3.96. The molecule has 0 unspecified atom stereocenters. The van der Waals surface area contributed by atoms with Crippen molar-refractivity contribution in [3.63, 3.8) is 0 Å². The minimum atomic E-state index is 0.242. The predicted molar refractivity (Wildman–Crippen MR) is 101 cm³/mol. The van der Waals surface area contributed by atoms with Crippen LogP contribution in [0.3, 0.4) is 0 Å². The van der Waals surface area contributed by atoms with Gasteiger partial charge in [0.2, 0.25) is 5.91 Å². The highest BCUT2D eigenvalue weighted by Crippen LogP contribution is 2.31. The fraction of sp³-hybridized carbons (Fsp3) is 0.526. The third-order valence-corrected chi connectivity index (χ3v) is 5.80. The van der Waals surface area contributed by atoms with Crippen molar-refractivity contribution in [1.29, 1.82) is 0 Å². The average molecular weight is 361 g/mol. The second-order valence-electron chi connectivity index (χ2n) is 7.24. The summed E-state index contributed by atoms with van der Waals surface area (Å²) in [6.07, 6.45) is 2.00. The Morgan fingerprint density at radius 2 is 2.08 bits per heavy atom. The molecule has 1 aromatic heterocycles. The van der Waals surface area contributed by atoms with Crippen LogP contribution >= 0.6 is 11.6 Å². The zero-order valence-corrected chi connectivity index (χ0v) is 15.5. The standard InChI is InChI=1S/C19H25ClN4O/c1-22-7-3-8-23(11-10-22)13-18(25)24-9-6-17-15(12-24)14-4-2-5-16(20)19(14)21-17/h2,4-5,21H,3,6-13H2,1H3. The number of likely N-dealkylation sites (N-methyl/N-ethyl adjacent to an activating group) is 1. The van der Waals surface area contributed by atoms with Crippen LogP contribution in [-0.2, 0) is 17.8 Å². The first-order chi connectivity index (χ1) is 12.1. The Morgan fingerprint density at radius 1 is 1.20 bits per heavy atom. The summed E-state index contributed by atoms with van der Waals surface area (Å²) >= 11 is 6.31. The number of hydrogen-bond acceptors (Lipinski definition) is 3. The number of aromatic nitrogens is 1. The number of aromatic amines is 1. The summed E-state index contributed by atoms with van der Waals surface area (Å²) in [4.78, 5) is 22.9. The number of halogens is 1. The van der Waals surface area contributed by atoms with Gasteiger partial charge in [0.15, 0.2) is 0 Å². The predicted octanol–water partition coefficient (Wildman–Crippen LogP) is 2.34. The summed E-state index contributed by atoms with van der Waals surface area (Å²) in [7, 11) is 2.15. The smallest absolute Gasteiger partial charge is 0.237 e. The molecule has 0 bridgehead atoms. The van der Waals surface area contributed by atoms with Gasteiger partial charge in [-0.2, -0.15) is 0 Å². The van der Waals surface area contributed by atoms with Gasteiger partial charge < -0.3 is 14.8 Å². The van der Waals surface area contributed by atoms with Gasteiger partial charge in [0.05, 0.1) is 17.1 Å². The molecule has 1 saturated heterocycles. The van der Waals surface area contributed by atoms with E-state index in [2.05, 4.69) is 27.9 Å². The molecule has 2 aromatic rings. The maximum absolute atomic E-state index is 12.8. The van der Waals surface area contributed by atoms with E-state index in [1.165, 1.54) is 11.3 Å². The van der Waals surface area contributed by atoms with Gasteiger partial charge in [-0.25, -0.2) is 0 Å². The van der Waals surface area contributed by atoms with Crippen molar-refractivity contribution in [2.24, 2.45) is 0 Å². The van der Waals surface area contributed by atoms with Gasteiger partial charge in [0.1, 0.15) is 0 Å². The molecule has 5 nitrogen and oxygen atoms in total. The number of benzene rings is 1. The van der Waals surface area contributed by atoms with Crippen LogP contribution in [0.25, 0.3) is 10.9 Å². The number of carbonyl (C=O) groups excluding carboxylic acids is 1. The number of nitrogens with zero attached hydrogens (tertiary/aromatic N) is 3. The number of rotatable bonds is 2. The first kappa shape index (κ1) is 16.9. The molecular formula is C19H25ClN4O. The third-order valence-electron chi connectivity index (χ3n) is 5.48. The van der Waals surface area contributed by atoms with Gasteiger partial charge in [0, 0.05) is 49.2 Å². The van der Waals surface area contributed by atoms with Crippen LogP contribution < -0.4 is 0 Å². The lowest BCUT2D eigenvalue weighted by molar-refractivity contribution is -0.133. The van der Waals surface area contributed by atoms with Crippen molar-refractivity contribution in [2.45, 2.75) is 19.4 Å². The van der Waals surface area contributed by atoms with Gasteiger partial charge in [-0.05, 0) is 32.6 Å². The highest BCUT2D eigenvalue weighted by atomic mass is 35.5. The number of para-hydroxylation sites is 1. The zero-order chi connectivity index (χ0) is 17.4. The van der Waals surface area contributed by atoms with Crippen molar-refractivity contribution in [2.75, 3.05) is 46.3 Å². The lowest BCUT2D eigenvalue weighted by Crippen LogP contribution is -2.43. The van der Waals surface area contributed by atoms with E-state index in [4.69, 9.17) is 11.6 Å². The Labute approximate surface area is 153 Å². The van der Waals surface area contributed by atoms with Crippen molar-refractivity contribution in [3.8, 4) is 0 Å². The van der Waals surface area contributed by atoms with E-state index in [9.17, 15) is 4.79 Å². The molecule has 1 amide bonds.